The van der Waals surface area contributed by atoms with E-state index in [1.807, 2.05) is 37.3 Å². The van der Waals surface area contributed by atoms with Crippen LogP contribution in [0.5, 0.6) is 0 Å². The first kappa shape index (κ1) is 21.3. The molecule has 0 radical (unpaired) electrons. The van der Waals surface area contributed by atoms with Crippen LogP contribution in [0.2, 0.25) is 0 Å². The molecule has 0 unspecified atom stereocenters. The van der Waals surface area contributed by atoms with Crippen LogP contribution in [0.4, 0.5) is 0 Å². The zero-order valence-electron chi connectivity index (χ0n) is 15.4. The molecule has 0 aliphatic heterocycles. The van der Waals surface area contributed by atoms with Gasteiger partial charge in [-0.1, -0.05) is 30.3 Å². The molecule has 7 nitrogen and oxygen atoms in total. The summed E-state index contributed by atoms with van der Waals surface area (Å²) in [6, 6.07) is 8.44. The van der Waals surface area contributed by atoms with Gasteiger partial charge in [0.05, 0.1) is 13.2 Å². The lowest BCUT2D eigenvalue weighted by molar-refractivity contribution is -0.145. The Morgan fingerprint density at radius 2 is 1.54 bits per heavy atom. The summed E-state index contributed by atoms with van der Waals surface area (Å²) in [6.07, 6.45) is 0.282. The lowest BCUT2D eigenvalue weighted by Crippen LogP contribution is -2.42. The van der Waals surface area contributed by atoms with E-state index in [1.165, 1.54) is 14.0 Å². The minimum absolute atomic E-state index is 0.00358. The van der Waals surface area contributed by atoms with Crippen LogP contribution < -0.4 is 10.6 Å². The number of ether oxygens (including phenoxy) is 1. The lowest BCUT2D eigenvalue weighted by Gasteiger charge is -2.16. The van der Waals surface area contributed by atoms with Crippen LogP contribution in [-0.4, -0.2) is 36.7 Å². The van der Waals surface area contributed by atoms with Gasteiger partial charge in [0, 0.05) is 19.3 Å². The number of hydrogen-bond acceptors (Lipinski definition) is 5. The smallest absolute Gasteiger partial charge is 0.328 e. The van der Waals surface area contributed by atoms with Gasteiger partial charge in [-0.25, -0.2) is 4.79 Å². The Labute approximate surface area is 153 Å². The molecule has 26 heavy (non-hydrogen) atoms. The summed E-state index contributed by atoms with van der Waals surface area (Å²) >= 11 is 0. The summed E-state index contributed by atoms with van der Waals surface area (Å²) in [4.78, 5) is 46.7. The Morgan fingerprint density at radius 1 is 0.962 bits per heavy atom. The van der Waals surface area contributed by atoms with Crippen molar-refractivity contribution in [3.05, 3.63) is 35.9 Å². The summed E-state index contributed by atoms with van der Waals surface area (Å²) in [7, 11) is 1.22. The highest BCUT2D eigenvalue weighted by atomic mass is 16.5. The fourth-order valence-electron chi connectivity index (χ4n) is 2.37. The Hall–Kier alpha value is -2.70. The average molecular weight is 362 g/mol. The standard InChI is InChI=1S/C19H26N2O5/c1-13(22)9-10-16(19(25)26-3)21-18(24)12-11-17(23)20-14(2)15-7-5-4-6-8-15/h4-8,14,16H,9-12H2,1-3H3,(H,20,23)(H,21,24)/t14-,16+/m1/s1. The predicted molar refractivity (Wildman–Crippen MR) is 96.1 cm³/mol. The number of nitrogens with one attached hydrogen (secondary N) is 2. The van der Waals surface area contributed by atoms with Gasteiger partial charge in [0.2, 0.25) is 11.8 Å². The molecule has 0 saturated heterocycles. The van der Waals surface area contributed by atoms with E-state index < -0.39 is 17.9 Å². The molecule has 2 N–H and O–H groups in total. The minimum atomic E-state index is -0.886. The van der Waals surface area contributed by atoms with E-state index in [0.717, 1.165) is 5.56 Å². The number of esters is 1. The maximum Gasteiger partial charge on any atom is 0.328 e. The molecule has 0 heterocycles. The number of benzene rings is 1. The molecule has 0 fully saturated rings. The highest BCUT2D eigenvalue weighted by Crippen LogP contribution is 2.11. The number of rotatable bonds is 10. The van der Waals surface area contributed by atoms with E-state index in [2.05, 4.69) is 15.4 Å². The fraction of sp³-hybridized carbons (Fsp3) is 0.474. The Morgan fingerprint density at radius 3 is 2.08 bits per heavy atom. The van der Waals surface area contributed by atoms with Crippen LogP contribution in [0.3, 0.4) is 0 Å². The van der Waals surface area contributed by atoms with Crippen molar-refractivity contribution in [2.24, 2.45) is 0 Å². The third-order valence-electron chi connectivity index (χ3n) is 3.86. The molecule has 142 valence electrons. The van der Waals surface area contributed by atoms with E-state index in [-0.39, 0.29) is 43.4 Å². The Bertz CT molecular complexity index is 630. The highest BCUT2D eigenvalue weighted by molar-refractivity contribution is 5.87. The molecule has 2 atom stereocenters. The summed E-state index contributed by atoms with van der Waals surface area (Å²) in [5.74, 6) is -1.38. The molecule has 0 aliphatic rings. The summed E-state index contributed by atoms with van der Waals surface area (Å²) < 4.78 is 4.63. The van der Waals surface area contributed by atoms with E-state index in [1.54, 1.807) is 0 Å². The maximum atomic E-state index is 12.0. The fourth-order valence-corrected chi connectivity index (χ4v) is 2.37. The SMILES string of the molecule is COC(=O)[C@H](CCC(C)=O)NC(=O)CCC(=O)N[C@H](C)c1ccccc1. The van der Waals surface area contributed by atoms with Crippen LogP contribution in [-0.2, 0) is 23.9 Å². The molecular formula is C19H26N2O5. The number of ketones is 1. The monoisotopic (exact) mass is 362 g/mol. The van der Waals surface area contributed by atoms with Crippen LogP contribution in [0.1, 0.15) is 51.1 Å². The van der Waals surface area contributed by atoms with Gasteiger partial charge in [-0.05, 0) is 25.8 Å². The molecule has 0 spiro atoms. The van der Waals surface area contributed by atoms with Crippen molar-refractivity contribution in [3.8, 4) is 0 Å². The molecule has 1 aromatic carbocycles. The van der Waals surface area contributed by atoms with Gasteiger partial charge in [-0.2, -0.15) is 0 Å². The summed E-state index contributed by atoms with van der Waals surface area (Å²) in [5.41, 5.74) is 0.972. The van der Waals surface area contributed by atoms with Crippen molar-refractivity contribution in [1.82, 2.24) is 10.6 Å². The van der Waals surface area contributed by atoms with Crippen LogP contribution in [0, 0.1) is 0 Å². The quantitative estimate of drug-likeness (QED) is 0.617. The lowest BCUT2D eigenvalue weighted by atomic mass is 10.1. The zero-order valence-corrected chi connectivity index (χ0v) is 15.4. The van der Waals surface area contributed by atoms with Crippen molar-refractivity contribution in [3.63, 3.8) is 0 Å². The van der Waals surface area contributed by atoms with E-state index in [9.17, 15) is 19.2 Å². The second kappa shape index (κ2) is 11.0. The van der Waals surface area contributed by atoms with E-state index in [4.69, 9.17) is 0 Å². The number of Topliss-reactive ketones (excluding diaryl/α,β-unsaturated/α-hetero) is 1. The van der Waals surface area contributed by atoms with Crippen LogP contribution in [0.15, 0.2) is 30.3 Å². The molecule has 0 saturated carbocycles. The first-order chi connectivity index (χ1) is 12.3. The second-order valence-corrected chi connectivity index (χ2v) is 6.08. The molecule has 2 amide bonds. The van der Waals surface area contributed by atoms with Crippen molar-refractivity contribution in [1.29, 1.82) is 0 Å². The summed E-state index contributed by atoms with van der Waals surface area (Å²) in [6.45, 7) is 3.27. The van der Waals surface area contributed by atoms with E-state index >= 15 is 0 Å². The third kappa shape index (κ3) is 7.92. The molecule has 1 rings (SSSR count). The number of carbonyl (C=O) groups excluding carboxylic acids is 4. The largest absolute Gasteiger partial charge is 0.467 e. The van der Waals surface area contributed by atoms with Crippen molar-refractivity contribution in [2.45, 2.75) is 51.6 Å². The molecule has 0 aliphatic carbocycles. The van der Waals surface area contributed by atoms with Crippen LogP contribution >= 0.6 is 0 Å². The second-order valence-electron chi connectivity index (χ2n) is 6.08. The van der Waals surface area contributed by atoms with Gasteiger partial charge in [0.25, 0.3) is 0 Å². The number of hydrogen-bond donors (Lipinski definition) is 2. The first-order valence-electron chi connectivity index (χ1n) is 8.54. The average Bonchev–Trinajstić information content (AvgIpc) is 2.63. The molecule has 7 heteroatoms. The molecule has 0 aromatic heterocycles. The van der Waals surface area contributed by atoms with Gasteiger partial charge >= 0.3 is 5.97 Å². The predicted octanol–water partition coefficient (Wildman–Crippen LogP) is 1.67. The number of carbonyl (C=O) groups is 4. The normalized spacial score (nSPS) is 12.6. The third-order valence-corrected chi connectivity index (χ3v) is 3.86. The maximum absolute atomic E-state index is 12.0. The molecule has 1 aromatic rings. The minimum Gasteiger partial charge on any atom is -0.467 e. The zero-order chi connectivity index (χ0) is 19.5. The van der Waals surface area contributed by atoms with Gasteiger partial charge in [0.1, 0.15) is 11.8 Å². The summed E-state index contributed by atoms with van der Waals surface area (Å²) in [5, 5.41) is 5.34. The Balaban J connectivity index is 2.44. The number of methoxy groups -OCH3 is 1. The Kier molecular flexibility index (Phi) is 9.05. The van der Waals surface area contributed by atoms with Gasteiger partial charge in [-0.15, -0.1) is 0 Å². The topological polar surface area (TPSA) is 102 Å². The van der Waals surface area contributed by atoms with Crippen molar-refractivity contribution >= 4 is 23.6 Å². The van der Waals surface area contributed by atoms with E-state index in [0.29, 0.717) is 0 Å². The van der Waals surface area contributed by atoms with Crippen molar-refractivity contribution in [2.75, 3.05) is 7.11 Å². The first-order valence-corrected chi connectivity index (χ1v) is 8.54. The van der Waals surface area contributed by atoms with Gasteiger partial charge < -0.3 is 20.2 Å². The van der Waals surface area contributed by atoms with Gasteiger partial charge in [0.15, 0.2) is 0 Å². The van der Waals surface area contributed by atoms with Crippen molar-refractivity contribution < 1.29 is 23.9 Å². The highest BCUT2D eigenvalue weighted by Gasteiger charge is 2.22. The molecule has 0 bridgehead atoms. The van der Waals surface area contributed by atoms with Gasteiger partial charge in [-0.3, -0.25) is 9.59 Å². The number of amides is 2. The van der Waals surface area contributed by atoms with Crippen LogP contribution in [0.25, 0.3) is 0 Å². The molecular weight excluding hydrogens is 336 g/mol.